The van der Waals surface area contributed by atoms with Crippen LogP contribution in [0.25, 0.3) is 11.0 Å². The average molecular weight is 494 g/mol. The third-order valence-corrected chi connectivity index (χ3v) is 4.15. The zero-order valence-electron chi connectivity index (χ0n) is 16.5. The summed E-state index contributed by atoms with van der Waals surface area (Å²) < 4.78 is 1.74. The normalized spacial score (nSPS) is 11.2. The quantitative estimate of drug-likeness (QED) is 0.227. The van der Waals surface area contributed by atoms with E-state index in [2.05, 4.69) is 61.8 Å². The Morgan fingerprint density at radius 3 is 2.75 bits per heavy atom. The maximum absolute atomic E-state index is 4.71. The largest absolute Gasteiger partial charge is 0.367 e. The Morgan fingerprint density at radius 2 is 2.00 bits per heavy atom. The van der Waals surface area contributed by atoms with Gasteiger partial charge in [-0.15, -0.1) is 24.0 Å². The molecular weight excluding hydrogens is 467 g/mol. The summed E-state index contributed by atoms with van der Waals surface area (Å²) in [5.41, 5.74) is 2.07. The molecule has 0 aliphatic carbocycles. The van der Waals surface area contributed by atoms with Crippen molar-refractivity contribution in [3.05, 3.63) is 48.4 Å². The number of nitrogens with zero attached hydrogens (tertiary/aromatic N) is 6. The molecule has 0 atom stereocenters. The summed E-state index contributed by atoms with van der Waals surface area (Å²) in [6.07, 6.45) is 3.33. The molecule has 0 aliphatic rings. The minimum Gasteiger partial charge on any atom is -0.367 e. The first kappa shape index (κ1) is 21.9. The molecule has 3 rings (SSSR count). The maximum atomic E-state index is 4.71. The van der Waals surface area contributed by atoms with Crippen LogP contribution in [0.2, 0.25) is 0 Å². The Labute approximate surface area is 182 Å². The van der Waals surface area contributed by atoms with E-state index in [0.29, 0.717) is 13.1 Å². The monoisotopic (exact) mass is 494 g/mol. The third-order valence-electron chi connectivity index (χ3n) is 4.15. The van der Waals surface area contributed by atoms with Gasteiger partial charge < -0.3 is 15.5 Å². The number of hydrogen-bond donors (Lipinski definition) is 2. The Bertz CT molecular complexity index is 893. The molecule has 2 heterocycles. The van der Waals surface area contributed by atoms with E-state index in [1.165, 1.54) is 5.56 Å². The van der Waals surface area contributed by atoms with Gasteiger partial charge in [0.2, 0.25) is 0 Å². The summed E-state index contributed by atoms with van der Waals surface area (Å²) in [4.78, 5) is 15.4. The number of halogens is 1. The second-order valence-corrected chi connectivity index (χ2v) is 6.23. The van der Waals surface area contributed by atoms with Gasteiger partial charge in [0.15, 0.2) is 11.6 Å². The van der Waals surface area contributed by atoms with E-state index in [9.17, 15) is 0 Å². The van der Waals surface area contributed by atoms with Crippen LogP contribution in [0, 0.1) is 0 Å². The molecule has 0 bridgehead atoms. The molecule has 0 saturated heterocycles. The van der Waals surface area contributed by atoms with Gasteiger partial charge >= 0.3 is 0 Å². The number of hydrogen-bond acceptors (Lipinski definition) is 5. The van der Waals surface area contributed by atoms with Crippen molar-refractivity contribution in [1.29, 1.82) is 0 Å². The van der Waals surface area contributed by atoms with Crippen LogP contribution in [0.15, 0.2) is 47.8 Å². The molecule has 2 aromatic heterocycles. The van der Waals surface area contributed by atoms with Crippen molar-refractivity contribution in [2.45, 2.75) is 13.5 Å². The van der Waals surface area contributed by atoms with Gasteiger partial charge in [-0.25, -0.2) is 9.97 Å². The standard InChI is InChI=1S/C19H26N8.HI/c1-4-20-19(26(2)13-15-8-6-5-7-9-15)22-11-10-21-17-16-12-25-27(3)18(16)24-14-23-17;/h5-9,12,14H,4,10-11,13H2,1-3H3,(H,20,22)(H,21,23,24);1H. The predicted octanol–water partition coefficient (Wildman–Crippen LogP) is 2.49. The van der Waals surface area contributed by atoms with E-state index < -0.39 is 0 Å². The van der Waals surface area contributed by atoms with Crippen LogP contribution < -0.4 is 10.6 Å². The molecule has 0 saturated carbocycles. The number of aryl methyl sites for hydroxylation is 1. The number of anilines is 1. The van der Waals surface area contributed by atoms with Gasteiger partial charge in [0.05, 0.1) is 18.1 Å². The zero-order valence-corrected chi connectivity index (χ0v) is 18.8. The predicted molar refractivity (Wildman–Crippen MR) is 124 cm³/mol. The number of aliphatic imine (C=N–C) groups is 1. The molecule has 0 radical (unpaired) electrons. The Kier molecular flexibility index (Phi) is 8.42. The molecule has 3 aromatic rings. The van der Waals surface area contributed by atoms with Gasteiger partial charge in [-0.3, -0.25) is 9.67 Å². The second kappa shape index (κ2) is 10.8. The topological polar surface area (TPSA) is 83.3 Å². The van der Waals surface area contributed by atoms with E-state index >= 15 is 0 Å². The number of fused-ring (bicyclic) bond motifs is 1. The van der Waals surface area contributed by atoms with Gasteiger partial charge in [0.1, 0.15) is 12.1 Å². The van der Waals surface area contributed by atoms with E-state index in [-0.39, 0.29) is 24.0 Å². The van der Waals surface area contributed by atoms with Gasteiger partial charge in [0, 0.05) is 33.7 Å². The van der Waals surface area contributed by atoms with Crippen LogP contribution in [0.5, 0.6) is 0 Å². The molecule has 28 heavy (non-hydrogen) atoms. The fraction of sp³-hybridized carbons (Fsp3) is 0.368. The van der Waals surface area contributed by atoms with Crippen molar-refractivity contribution in [3.63, 3.8) is 0 Å². The highest BCUT2D eigenvalue weighted by molar-refractivity contribution is 14.0. The van der Waals surface area contributed by atoms with E-state index in [1.54, 1.807) is 17.2 Å². The summed E-state index contributed by atoms with van der Waals surface area (Å²) in [5.74, 6) is 1.67. The highest BCUT2D eigenvalue weighted by Crippen LogP contribution is 2.17. The Morgan fingerprint density at radius 1 is 1.21 bits per heavy atom. The summed E-state index contributed by atoms with van der Waals surface area (Å²) in [6, 6.07) is 10.4. The van der Waals surface area contributed by atoms with Crippen LogP contribution >= 0.6 is 24.0 Å². The molecule has 9 heteroatoms. The van der Waals surface area contributed by atoms with E-state index in [4.69, 9.17) is 4.99 Å². The van der Waals surface area contributed by atoms with Crippen molar-refractivity contribution in [1.82, 2.24) is 30.0 Å². The summed E-state index contributed by atoms with van der Waals surface area (Å²) in [7, 11) is 3.92. The fourth-order valence-electron chi connectivity index (χ4n) is 2.84. The molecule has 1 aromatic carbocycles. The lowest BCUT2D eigenvalue weighted by Gasteiger charge is -2.22. The van der Waals surface area contributed by atoms with Gasteiger partial charge in [-0.1, -0.05) is 30.3 Å². The van der Waals surface area contributed by atoms with Crippen LogP contribution in [-0.2, 0) is 13.6 Å². The van der Waals surface area contributed by atoms with Gasteiger partial charge in [-0.2, -0.15) is 5.10 Å². The lowest BCUT2D eigenvalue weighted by atomic mass is 10.2. The molecular formula is C19H27IN8. The number of nitrogens with one attached hydrogen (secondary N) is 2. The van der Waals surface area contributed by atoms with E-state index in [1.807, 2.05) is 20.2 Å². The van der Waals surface area contributed by atoms with Crippen molar-refractivity contribution in [2.75, 3.05) is 32.0 Å². The maximum Gasteiger partial charge on any atom is 0.194 e. The lowest BCUT2D eigenvalue weighted by Crippen LogP contribution is -2.38. The first-order valence-electron chi connectivity index (χ1n) is 9.09. The SMILES string of the molecule is CCNC(=NCCNc1ncnc2c1cnn2C)N(C)Cc1ccccc1.I. The number of rotatable bonds is 7. The number of benzene rings is 1. The van der Waals surface area contributed by atoms with Crippen LogP contribution in [0.1, 0.15) is 12.5 Å². The van der Waals surface area contributed by atoms with Crippen molar-refractivity contribution >= 4 is 46.8 Å². The average Bonchev–Trinajstić information content (AvgIpc) is 3.07. The van der Waals surface area contributed by atoms with Gasteiger partial charge in [0.25, 0.3) is 0 Å². The molecule has 0 amide bonds. The molecule has 2 N–H and O–H groups in total. The highest BCUT2D eigenvalue weighted by Gasteiger charge is 2.08. The van der Waals surface area contributed by atoms with Crippen molar-refractivity contribution in [3.8, 4) is 0 Å². The summed E-state index contributed by atoms with van der Waals surface area (Å²) >= 11 is 0. The first-order chi connectivity index (χ1) is 13.2. The third kappa shape index (κ3) is 5.54. The molecule has 0 fully saturated rings. The van der Waals surface area contributed by atoms with Crippen LogP contribution in [0.3, 0.4) is 0 Å². The molecule has 0 spiro atoms. The first-order valence-corrected chi connectivity index (χ1v) is 9.09. The Balaban J connectivity index is 0.00000280. The second-order valence-electron chi connectivity index (χ2n) is 6.23. The Hall–Kier alpha value is -2.43. The zero-order chi connectivity index (χ0) is 19.1. The minimum atomic E-state index is 0. The fourth-order valence-corrected chi connectivity index (χ4v) is 2.84. The minimum absolute atomic E-state index is 0. The summed E-state index contributed by atoms with van der Waals surface area (Å²) in [6.45, 7) is 5.02. The van der Waals surface area contributed by atoms with Crippen molar-refractivity contribution < 1.29 is 0 Å². The molecule has 0 unspecified atom stereocenters. The molecule has 0 aliphatic heterocycles. The number of guanidine groups is 1. The molecule has 8 nitrogen and oxygen atoms in total. The highest BCUT2D eigenvalue weighted by atomic mass is 127. The number of aromatic nitrogens is 4. The van der Waals surface area contributed by atoms with Crippen molar-refractivity contribution in [2.24, 2.45) is 12.0 Å². The molecule has 150 valence electrons. The van der Waals surface area contributed by atoms with Crippen LogP contribution in [-0.4, -0.2) is 57.3 Å². The van der Waals surface area contributed by atoms with Gasteiger partial charge in [-0.05, 0) is 12.5 Å². The lowest BCUT2D eigenvalue weighted by molar-refractivity contribution is 0.477. The smallest absolute Gasteiger partial charge is 0.194 e. The summed E-state index contributed by atoms with van der Waals surface area (Å²) in [5, 5.41) is 11.8. The van der Waals surface area contributed by atoms with Crippen LogP contribution in [0.4, 0.5) is 5.82 Å². The van der Waals surface area contributed by atoms with E-state index in [0.717, 1.165) is 35.9 Å².